The summed E-state index contributed by atoms with van der Waals surface area (Å²) in [5.41, 5.74) is 8.31. The van der Waals surface area contributed by atoms with Crippen molar-refractivity contribution in [1.29, 1.82) is 0 Å². The molecule has 106 valence electrons. The highest BCUT2D eigenvalue weighted by molar-refractivity contribution is 7.98. The van der Waals surface area contributed by atoms with E-state index in [4.69, 9.17) is 15.3 Å². The molecule has 5 nitrogen and oxygen atoms in total. The molecule has 0 aliphatic rings. The van der Waals surface area contributed by atoms with Gasteiger partial charge in [0.25, 0.3) is 0 Å². The van der Waals surface area contributed by atoms with Gasteiger partial charge in [0.2, 0.25) is 5.89 Å². The Hall–Kier alpha value is -1.79. The Labute approximate surface area is 121 Å². The van der Waals surface area contributed by atoms with E-state index in [0.29, 0.717) is 17.4 Å². The third kappa shape index (κ3) is 3.85. The van der Waals surface area contributed by atoms with Crippen LogP contribution in [0, 0.1) is 6.92 Å². The molecule has 1 atom stereocenters. The molecule has 0 spiro atoms. The molecule has 0 unspecified atom stereocenters. The maximum absolute atomic E-state index is 10.6. The van der Waals surface area contributed by atoms with E-state index in [1.54, 1.807) is 6.26 Å². The third-order valence-electron chi connectivity index (χ3n) is 2.71. The summed E-state index contributed by atoms with van der Waals surface area (Å²) in [4.78, 5) is 15.0. The van der Waals surface area contributed by atoms with Gasteiger partial charge in [-0.15, -0.1) is 0 Å². The van der Waals surface area contributed by atoms with Crippen molar-refractivity contribution in [2.24, 2.45) is 5.73 Å². The van der Waals surface area contributed by atoms with E-state index in [-0.39, 0.29) is 0 Å². The van der Waals surface area contributed by atoms with Crippen LogP contribution in [0.4, 0.5) is 0 Å². The van der Waals surface area contributed by atoms with Gasteiger partial charge in [-0.3, -0.25) is 4.79 Å². The standard InChI is InChI=1S/C14H16N2O3S/c1-9-2-4-10(5-3-9)13-16-11(6-19-13)7-20-8-12(15)14(17)18/h2-6,12H,7-8,15H2,1H3,(H,17,18)/t12-/m1/s1. The average Bonchev–Trinajstić information content (AvgIpc) is 2.88. The number of hydrogen-bond donors (Lipinski definition) is 2. The van der Waals surface area contributed by atoms with Gasteiger partial charge in [-0.2, -0.15) is 11.8 Å². The fraction of sp³-hybridized carbons (Fsp3) is 0.286. The van der Waals surface area contributed by atoms with Crippen molar-refractivity contribution >= 4 is 17.7 Å². The molecule has 2 aromatic rings. The van der Waals surface area contributed by atoms with Crippen LogP contribution in [-0.2, 0) is 10.5 Å². The van der Waals surface area contributed by atoms with Gasteiger partial charge in [0.1, 0.15) is 12.3 Å². The first-order chi connectivity index (χ1) is 9.56. The Morgan fingerprint density at radius 1 is 1.45 bits per heavy atom. The van der Waals surface area contributed by atoms with Crippen molar-refractivity contribution in [3.8, 4) is 11.5 Å². The SMILES string of the molecule is Cc1ccc(-c2nc(CSC[C@@H](N)C(=O)O)co2)cc1. The topological polar surface area (TPSA) is 89.3 Å². The second-order valence-electron chi connectivity index (χ2n) is 4.47. The van der Waals surface area contributed by atoms with Crippen LogP contribution in [0.2, 0.25) is 0 Å². The molecule has 0 bridgehead atoms. The Balaban J connectivity index is 1.92. The van der Waals surface area contributed by atoms with E-state index >= 15 is 0 Å². The molecule has 20 heavy (non-hydrogen) atoms. The Morgan fingerprint density at radius 3 is 2.80 bits per heavy atom. The molecule has 0 saturated carbocycles. The zero-order chi connectivity index (χ0) is 14.5. The second-order valence-corrected chi connectivity index (χ2v) is 5.50. The highest BCUT2D eigenvalue weighted by atomic mass is 32.2. The monoisotopic (exact) mass is 292 g/mol. The van der Waals surface area contributed by atoms with E-state index in [1.807, 2.05) is 31.2 Å². The van der Waals surface area contributed by atoms with Gasteiger partial charge < -0.3 is 15.3 Å². The van der Waals surface area contributed by atoms with Gasteiger partial charge in [0.15, 0.2) is 0 Å². The maximum atomic E-state index is 10.6. The maximum Gasteiger partial charge on any atom is 0.321 e. The first kappa shape index (κ1) is 14.6. The number of nitrogens with two attached hydrogens (primary N) is 1. The van der Waals surface area contributed by atoms with Crippen LogP contribution in [0.15, 0.2) is 34.9 Å². The molecule has 0 aliphatic heterocycles. The van der Waals surface area contributed by atoms with E-state index in [0.717, 1.165) is 11.3 Å². The van der Waals surface area contributed by atoms with Crippen molar-refractivity contribution in [2.45, 2.75) is 18.7 Å². The highest BCUT2D eigenvalue weighted by Crippen LogP contribution is 2.21. The second kappa shape index (κ2) is 6.58. The van der Waals surface area contributed by atoms with E-state index in [2.05, 4.69) is 4.98 Å². The first-order valence-corrected chi connectivity index (χ1v) is 7.29. The van der Waals surface area contributed by atoms with Crippen LogP contribution in [0.1, 0.15) is 11.3 Å². The summed E-state index contributed by atoms with van der Waals surface area (Å²) in [5.74, 6) is 0.513. The molecule has 0 radical (unpaired) electrons. The number of carbonyl (C=O) groups is 1. The van der Waals surface area contributed by atoms with Gasteiger partial charge in [-0.05, 0) is 19.1 Å². The van der Waals surface area contributed by atoms with Crippen molar-refractivity contribution in [1.82, 2.24) is 4.98 Å². The number of oxazole rings is 1. The largest absolute Gasteiger partial charge is 0.480 e. The number of nitrogens with zero attached hydrogens (tertiary/aromatic N) is 1. The molecule has 1 heterocycles. The van der Waals surface area contributed by atoms with E-state index in [9.17, 15) is 4.79 Å². The molecule has 0 saturated heterocycles. The Kier molecular flexibility index (Phi) is 4.81. The summed E-state index contributed by atoms with van der Waals surface area (Å²) in [6.07, 6.45) is 1.59. The van der Waals surface area contributed by atoms with Crippen molar-refractivity contribution in [3.63, 3.8) is 0 Å². The zero-order valence-electron chi connectivity index (χ0n) is 11.1. The van der Waals surface area contributed by atoms with Crippen LogP contribution in [0.5, 0.6) is 0 Å². The number of carboxylic acid groups (broad SMARTS) is 1. The molecule has 2 rings (SSSR count). The molecule has 1 aromatic heterocycles. The lowest BCUT2D eigenvalue weighted by Gasteiger charge is -2.03. The normalized spacial score (nSPS) is 12.3. The minimum absolute atomic E-state index is 0.349. The van der Waals surface area contributed by atoms with Crippen LogP contribution >= 0.6 is 11.8 Å². The van der Waals surface area contributed by atoms with Crippen LogP contribution in [0.3, 0.4) is 0 Å². The lowest BCUT2D eigenvalue weighted by molar-refractivity contribution is -0.137. The van der Waals surface area contributed by atoms with E-state index in [1.165, 1.54) is 17.3 Å². The quantitative estimate of drug-likeness (QED) is 0.849. The number of aliphatic carboxylic acids is 1. The van der Waals surface area contributed by atoms with Crippen LogP contribution in [0.25, 0.3) is 11.5 Å². The molecular weight excluding hydrogens is 276 g/mol. The molecule has 3 N–H and O–H groups in total. The Morgan fingerprint density at radius 2 is 2.15 bits per heavy atom. The smallest absolute Gasteiger partial charge is 0.321 e. The van der Waals surface area contributed by atoms with Crippen molar-refractivity contribution < 1.29 is 14.3 Å². The summed E-state index contributed by atoms with van der Waals surface area (Å²) >= 11 is 1.43. The number of hydrogen-bond acceptors (Lipinski definition) is 5. The van der Waals surface area contributed by atoms with Crippen LogP contribution < -0.4 is 5.73 Å². The van der Waals surface area contributed by atoms with Gasteiger partial charge >= 0.3 is 5.97 Å². The van der Waals surface area contributed by atoms with Gasteiger partial charge in [-0.1, -0.05) is 17.7 Å². The average molecular weight is 292 g/mol. The fourth-order valence-corrected chi connectivity index (χ4v) is 2.42. The number of aromatic nitrogens is 1. The number of thioether (sulfide) groups is 1. The Bertz CT molecular complexity index is 580. The molecule has 6 heteroatoms. The van der Waals surface area contributed by atoms with Gasteiger partial charge in [-0.25, -0.2) is 4.98 Å². The molecule has 0 fully saturated rings. The summed E-state index contributed by atoms with van der Waals surface area (Å²) in [6, 6.07) is 7.07. The fourth-order valence-electron chi connectivity index (χ4n) is 1.56. The minimum atomic E-state index is -0.988. The lowest BCUT2D eigenvalue weighted by atomic mass is 10.1. The molecule has 1 aromatic carbocycles. The van der Waals surface area contributed by atoms with E-state index < -0.39 is 12.0 Å². The third-order valence-corrected chi connectivity index (χ3v) is 3.81. The lowest BCUT2D eigenvalue weighted by Crippen LogP contribution is -2.32. The predicted molar refractivity (Wildman–Crippen MR) is 78.4 cm³/mol. The molecular formula is C14H16N2O3S. The summed E-state index contributed by atoms with van der Waals surface area (Å²) in [6.45, 7) is 2.02. The number of benzene rings is 1. The zero-order valence-corrected chi connectivity index (χ0v) is 11.9. The summed E-state index contributed by atoms with van der Waals surface area (Å²) in [7, 11) is 0. The summed E-state index contributed by atoms with van der Waals surface area (Å²) in [5, 5.41) is 8.68. The van der Waals surface area contributed by atoms with Crippen molar-refractivity contribution in [2.75, 3.05) is 5.75 Å². The van der Waals surface area contributed by atoms with Gasteiger partial charge in [0.05, 0.1) is 5.69 Å². The van der Waals surface area contributed by atoms with Crippen LogP contribution in [-0.4, -0.2) is 27.9 Å². The first-order valence-electron chi connectivity index (χ1n) is 6.14. The van der Waals surface area contributed by atoms with Crippen molar-refractivity contribution in [3.05, 3.63) is 41.8 Å². The molecule has 0 amide bonds. The number of aryl methyl sites for hydroxylation is 1. The predicted octanol–water partition coefficient (Wildman–Crippen LogP) is 2.30. The highest BCUT2D eigenvalue weighted by Gasteiger charge is 2.12. The molecule has 0 aliphatic carbocycles. The van der Waals surface area contributed by atoms with Gasteiger partial charge in [0, 0.05) is 17.1 Å². The minimum Gasteiger partial charge on any atom is -0.480 e. The summed E-state index contributed by atoms with van der Waals surface area (Å²) < 4.78 is 5.42. The number of rotatable bonds is 6. The number of carboxylic acids is 1.